The smallest absolute Gasteiger partial charge is 0.326 e. The molecule has 5 heteroatoms. The van der Waals surface area contributed by atoms with Gasteiger partial charge in [0.2, 0.25) is 5.91 Å². The van der Waals surface area contributed by atoms with Gasteiger partial charge in [0, 0.05) is 12.8 Å². The number of nitrogens with one attached hydrogen (secondary N) is 1. The van der Waals surface area contributed by atoms with Crippen LogP contribution in [0.5, 0.6) is 0 Å². The molecule has 0 aliphatic rings. The number of hydrogen-bond acceptors (Lipinski definition) is 3. The van der Waals surface area contributed by atoms with Gasteiger partial charge in [-0.05, 0) is 18.1 Å². The summed E-state index contributed by atoms with van der Waals surface area (Å²) in [5.74, 6) is -0.620. The predicted molar refractivity (Wildman–Crippen MR) is 66.1 cm³/mol. The van der Waals surface area contributed by atoms with Crippen LogP contribution in [-0.2, 0) is 16.0 Å². The van der Waals surface area contributed by atoms with E-state index >= 15 is 0 Å². The van der Waals surface area contributed by atoms with E-state index in [4.69, 9.17) is 9.52 Å². The van der Waals surface area contributed by atoms with Crippen molar-refractivity contribution < 1.29 is 19.1 Å². The van der Waals surface area contributed by atoms with Crippen LogP contribution in [0.25, 0.3) is 0 Å². The summed E-state index contributed by atoms with van der Waals surface area (Å²) in [5.41, 5.74) is 0. The van der Waals surface area contributed by atoms with Gasteiger partial charge in [-0.1, -0.05) is 20.3 Å². The lowest BCUT2D eigenvalue weighted by Crippen LogP contribution is -2.45. The van der Waals surface area contributed by atoms with Crippen LogP contribution in [0.4, 0.5) is 0 Å². The summed E-state index contributed by atoms with van der Waals surface area (Å²) in [6.07, 6.45) is 2.96. The summed E-state index contributed by atoms with van der Waals surface area (Å²) in [6.45, 7) is 3.71. The van der Waals surface area contributed by atoms with Crippen molar-refractivity contribution in [3.05, 3.63) is 24.2 Å². The highest BCUT2D eigenvalue weighted by atomic mass is 16.4. The SMILES string of the molecule is CC[C@H](C)[C@H](NC(=O)CCc1ccco1)C(=O)O. The zero-order valence-electron chi connectivity index (χ0n) is 10.7. The molecule has 0 aliphatic heterocycles. The van der Waals surface area contributed by atoms with Crippen molar-refractivity contribution in [1.29, 1.82) is 0 Å². The van der Waals surface area contributed by atoms with E-state index in [-0.39, 0.29) is 18.2 Å². The van der Waals surface area contributed by atoms with Crippen molar-refractivity contribution in [2.24, 2.45) is 5.92 Å². The van der Waals surface area contributed by atoms with E-state index < -0.39 is 12.0 Å². The summed E-state index contributed by atoms with van der Waals surface area (Å²) in [6, 6.07) is 2.72. The predicted octanol–water partition coefficient (Wildman–Crippen LogP) is 1.83. The molecule has 0 fully saturated rings. The summed E-state index contributed by atoms with van der Waals surface area (Å²) >= 11 is 0. The fraction of sp³-hybridized carbons (Fsp3) is 0.538. The molecular weight excluding hydrogens is 234 g/mol. The zero-order valence-corrected chi connectivity index (χ0v) is 10.7. The largest absolute Gasteiger partial charge is 0.480 e. The Labute approximate surface area is 106 Å². The van der Waals surface area contributed by atoms with Gasteiger partial charge in [-0.15, -0.1) is 0 Å². The maximum absolute atomic E-state index is 11.7. The second-order valence-corrected chi connectivity index (χ2v) is 4.35. The average molecular weight is 253 g/mol. The van der Waals surface area contributed by atoms with Gasteiger partial charge >= 0.3 is 5.97 Å². The Morgan fingerprint density at radius 1 is 1.50 bits per heavy atom. The van der Waals surface area contributed by atoms with Gasteiger partial charge in [0.1, 0.15) is 11.8 Å². The Morgan fingerprint density at radius 2 is 2.22 bits per heavy atom. The molecule has 0 unspecified atom stereocenters. The molecular formula is C13H19NO4. The van der Waals surface area contributed by atoms with Crippen molar-refractivity contribution in [3.63, 3.8) is 0 Å². The number of carbonyl (C=O) groups excluding carboxylic acids is 1. The lowest BCUT2D eigenvalue weighted by atomic mass is 9.99. The third-order valence-corrected chi connectivity index (χ3v) is 2.97. The first kappa shape index (κ1) is 14.3. The number of carboxylic acid groups (broad SMARTS) is 1. The lowest BCUT2D eigenvalue weighted by molar-refractivity contribution is -0.143. The van der Waals surface area contributed by atoms with Crippen molar-refractivity contribution in [1.82, 2.24) is 5.32 Å². The molecule has 0 radical (unpaired) electrons. The van der Waals surface area contributed by atoms with Gasteiger partial charge in [0.05, 0.1) is 6.26 Å². The number of hydrogen-bond donors (Lipinski definition) is 2. The Hall–Kier alpha value is -1.78. The van der Waals surface area contributed by atoms with Gasteiger partial charge in [-0.25, -0.2) is 4.79 Å². The van der Waals surface area contributed by atoms with E-state index in [1.807, 2.05) is 13.8 Å². The average Bonchev–Trinajstić information content (AvgIpc) is 2.85. The van der Waals surface area contributed by atoms with Crippen molar-refractivity contribution >= 4 is 11.9 Å². The molecule has 1 rings (SSSR count). The Bertz CT molecular complexity index is 386. The van der Waals surface area contributed by atoms with Gasteiger partial charge in [0.25, 0.3) is 0 Å². The number of aliphatic carboxylic acids is 1. The van der Waals surface area contributed by atoms with E-state index in [1.165, 1.54) is 0 Å². The molecule has 0 aliphatic carbocycles. The van der Waals surface area contributed by atoms with Gasteiger partial charge < -0.3 is 14.8 Å². The molecule has 5 nitrogen and oxygen atoms in total. The first-order valence-corrected chi connectivity index (χ1v) is 6.09. The van der Waals surface area contributed by atoms with E-state index in [0.717, 1.165) is 5.76 Å². The van der Waals surface area contributed by atoms with Crippen molar-refractivity contribution in [3.8, 4) is 0 Å². The number of aryl methyl sites for hydroxylation is 1. The van der Waals surface area contributed by atoms with Gasteiger partial charge in [-0.3, -0.25) is 4.79 Å². The van der Waals surface area contributed by atoms with Crippen LogP contribution in [0.1, 0.15) is 32.4 Å². The fourth-order valence-electron chi connectivity index (χ4n) is 1.62. The van der Waals surface area contributed by atoms with E-state index in [9.17, 15) is 9.59 Å². The minimum absolute atomic E-state index is 0.0879. The second-order valence-electron chi connectivity index (χ2n) is 4.35. The highest BCUT2D eigenvalue weighted by Gasteiger charge is 2.24. The monoisotopic (exact) mass is 253 g/mol. The fourth-order valence-corrected chi connectivity index (χ4v) is 1.62. The summed E-state index contributed by atoms with van der Waals surface area (Å²) in [4.78, 5) is 22.7. The third kappa shape index (κ3) is 4.24. The molecule has 2 N–H and O–H groups in total. The van der Waals surface area contributed by atoms with Crippen LogP contribution in [0, 0.1) is 5.92 Å². The van der Waals surface area contributed by atoms with E-state index in [1.54, 1.807) is 18.4 Å². The van der Waals surface area contributed by atoms with Crippen molar-refractivity contribution in [2.45, 2.75) is 39.2 Å². The molecule has 1 aromatic rings. The number of carboxylic acids is 1. The molecule has 1 heterocycles. The quantitative estimate of drug-likeness (QED) is 0.777. The minimum atomic E-state index is -0.990. The summed E-state index contributed by atoms with van der Waals surface area (Å²) in [7, 11) is 0. The normalized spacial score (nSPS) is 13.9. The van der Waals surface area contributed by atoms with Crippen LogP contribution < -0.4 is 5.32 Å². The van der Waals surface area contributed by atoms with Gasteiger partial charge in [0.15, 0.2) is 0 Å². The molecule has 2 atom stereocenters. The Kier molecular flexibility index (Phi) is 5.42. The van der Waals surface area contributed by atoms with Gasteiger partial charge in [-0.2, -0.15) is 0 Å². The van der Waals surface area contributed by atoms with Crippen LogP contribution in [0.3, 0.4) is 0 Å². The maximum atomic E-state index is 11.7. The first-order valence-electron chi connectivity index (χ1n) is 6.09. The summed E-state index contributed by atoms with van der Waals surface area (Å²) < 4.78 is 5.11. The summed E-state index contributed by atoms with van der Waals surface area (Å²) in [5, 5.41) is 11.6. The van der Waals surface area contributed by atoms with E-state index in [2.05, 4.69) is 5.32 Å². The third-order valence-electron chi connectivity index (χ3n) is 2.97. The van der Waals surface area contributed by atoms with E-state index in [0.29, 0.717) is 12.8 Å². The molecule has 0 spiro atoms. The number of carbonyl (C=O) groups is 2. The molecule has 0 aromatic carbocycles. The van der Waals surface area contributed by atoms with Crippen molar-refractivity contribution in [2.75, 3.05) is 0 Å². The minimum Gasteiger partial charge on any atom is -0.480 e. The number of rotatable bonds is 7. The Balaban J connectivity index is 2.44. The Morgan fingerprint density at radius 3 is 2.72 bits per heavy atom. The molecule has 0 bridgehead atoms. The molecule has 1 amide bonds. The van der Waals surface area contributed by atoms with Crippen LogP contribution in [-0.4, -0.2) is 23.0 Å². The molecule has 18 heavy (non-hydrogen) atoms. The second kappa shape index (κ2) is 6.83. The topological polar surface area (TPSA) is 79.5 Å². The molecule has 100 valence electrons. The van der Waals surface area contributed by atoms with Crippen LogP contribution >= 0.6 is 0 Å². The van der Waals surface area contributed by atoms with Crippen LogP contribution in [0.2, 0.25) is 0 Å². The molecule has 0 saturated heterocycles. The maximum Gasteiger partial charge on any atom is 0.326 e. The molecule has 0 saturated carbocycles. The highest BCUT2D eigenvalue weighted by Crippen LogP contribution is 2.09. The standard InChI is InChI=1S/C13H19NO4/c1-3-9(2)12(13(16)17)14-11(15)7-6-10-5-4-8-18-10/h4-5,8-9,12H,3,6-7H2,1-2H3,(H,14,15)(H,16,17)/t9-,12-/m0/s1. The highest BCUT2D eigenvalue weighted by molar-refractivity contribution is 5.83. The lowest BCUT2D eigenvalue weighted by Gasteiger charge is -2.19. The van der Waals surface area contributed by atoms with Crippen LogP contribution in [0.15, 0.2) is 22.8 Å². The molecule has 1 aromatic heterocycles. The first-order chi connectivity index (χ1) is 8.54. The number of amides is 1. The number of furan rings is 1. The zero-order chi connectivity index (χ0) is 13.5.